The number of fused-ring (bicyclic) bond motifs is 1. The molecule has 0 aliphatic carbocycles. The van der Waals surface area contributed by atoms with Crippen molar-refractivity contribution < 1.29 is 0 Å². The predicted octanol–water partition coefficient (Wildman–Crippen LogP) is 4.83. The van der Waals surface area contributed by atoms with Gasteiger partial charge >= 0.3 is 0 Å². The van der Waals surface area contributed by atoms with Crippen LogP contribution < -0.4 is 0 Å². The third-order valence-corrected chi connectivity index (χ3v) is 4.80. The second-order valence-corrected chi connectivity index (χ2v) is 7.18. The van der Waals surface area contributed by atoms with E-state index in [0.717, 1.165) is 40.8 Å². The van der Waals surface area contributed by atoms with E-state index in [1.54, 1.807) is 0 Å². The number of hydrogen-bond acceptors (Lipinski definition) is 2. The van der Waals surface area contributed by atoms with Crippen LogP contribution in [0.25, 0.3) is 11.0 Å². The molecule has 0 amide bonds. The van der Waals surface area contributed by atoms with Gasteiger partial charge in [-0.15, -0.1) is 11.6 Å². The van der Waals surface area contributed by atoms with Gasteiger partial charge < -0.3 is 9.47 Å². The molecule has 1 aromatic carbocycles. The van der Waals surface area contributed by atoms with Gasteiger partial charge in [-0.05, 0) is 45.5 Å². The Morgan fingerprint density at radius 2 is 2.10 bits per heavy atom. The first kappa shape index (κ1) is 16.8. The van der Waals surface area contributed by atoms with Gasteiger partial charge in [-0.1, -0.05) is 22.9 Å². The van der Waals surface area contributed by atoms with Gasteiger partial charge in [-0.25, -0.2) is 4.98 Å². The highest BCUT2D eigenvalue weighted by atomic mass is 79.9. The van der Waals surface area contributed by atoms with Gasteiger partial charge in [0, 0.05) is 23.6 Å². The minimum absolute atomic E-state index is 0.0925. The maximum Gasteiger partial charge on any atom is 0.127 e. The van der Waals surface area contributed by atoms with Crippen molar-refractivity contribution in [2.45, 2.75) is 45.2 Å². The summed E-state index contributed by atoms with van der Waals surface area (Å²) in [7, 11) is 2.17. The van der Waals surface area contributed by atoms with Gasteiger partial charge in [0.05, 0.1) is 16.4 Å². The average Bonchev–Trinajstić information content (AvgIpc) is 2.81. The molecule has 116 valence electrons. The smallest absolute Gasteiger partial charge is 0.127 e. The zero-order valence-electron chi connectivity index (χ0n) is 13.1. The van der Waals surface area contributed by atoms with E-state index >= 15 is 0 Å². The molecule has 2 atom stereocenters. The molecule has 5 heteroatoms. The molecule has 0 fully saturated rings. The van der Waals surface area contributed by atoms with Crippen molar-refractivity contribution in [3.05, 3.63) is 28.5 Å². The van der Waals surface area contributed by atoms with E-state index in [1.807, 2.05) is 13.0 Å². The quantitative estimate of drug-likeness (QED) is 0.677. The number of imidazole rings is 1. The van der Waals surface area contributed by atoms with Crippen LogP contribution in [0.15, 0.2) is 22.7 Å². The summed E-state index contributed by atoms with van der Waals surface area (Å²) < 4.78 is 3.29. The van der Waals surface area contributed by atoms with Gasteiger partial charge in [0.15, 0.2) is 0 Å². The maximum absolute atomic E-state index is 6.32. The number of alkyl halides is 1. The van der Waals surface area contributed by atoms with Crippen molar-refractivity contribution in [1.29, 1.82) is 0 Å². The van der Waals surface area contributed by atoms with E-state index in [9.17, 15) is 0 Å². The standard InChI is InChI=1S/C16H23BrClN3/c1-5-11(2)20(4)8-9-21-15-7-6-13(17)10-14(15)19-16(21)12(3)18/h6-7,10-12H,5,8-9H2,1-4H3. The summed E-state index contributed by atoms with van der Waals surface area (Å²) in [5, 5.41) is -0.0925. The summed E-state index contributed by atoms with van der Waals surface area (Å²) >= 11 is 9.82. The molecule has 1 aromatic heterocycles. The van der Waals surface area contributed by atoms with E-state index < -0.39 is 0 Å². The lowest BCUT2D eigenvalue weighted by Crippen LogP contribution is -2.31. The van der Waals surface area contributed by atoms with Crippen molar-refractivity contribution in [1.82, 2.24) is 14.5 Å². The fourth-order valence-corrected chi connectivity index (χ4v) is 2.97. The second-order valence-electron chi connectivity index (χ2n) is 5.61. The summed E-state index contributed by atoms with van der Waals surface area (Å²) in [4.78, 5) is 7.08. The summed E-state index contributed by atoms with van der Waals surface area (Å²) in [6.07, 6.45) is 1.16. The third-order valence-electron chi connectivity index (χ3n) is 4.12. The van der Waals surface area contributed by atoms with Crippen LogP contribution in [0.2, 0.25) is 0 Å². The van der Waals surface area contributed by atoms with Crippen molar-refractivity contribution in [3.8, 4) is 0 Å². The van der Waals surface area contributed by atoms with E-state index in [1.165, 1.54) is 0 Å². The normalized spacial score (nSPS) is 14.8. The summed E-state index contributed by atoms with van der Waals surface area (Å²) in [6.45, 7) is 8.36. The molecule has 0 spiro atoms. The fraction of sp³-hybridized carbons (Fsp3) is 0.562. The zero-order chi connectivity index (χ0) is 15.6. The average molecular weight is 373 g/mol. The first-order valence-corrected chi connectivity index (χ1v) is 8.67. The largest absolute Gasteiger partial charge is 0.325 e. The van der Waals surface area contributed by atoms with Crippen LogP contribution in [0.1, 0.15) is 38.4 Å². The Bertz CT molecular complexity index is 609. The van der Waals surface area contributed by atoms with E-state index in [-0.39, 0.29) is 5.38 Å². The minimum atomic E-state index is -0.0925. The van der Waals surface area contributed by atoms with Crippen LogP contribution >= 0.6 is 27.5 Å². The molecule has 0 radical (unpaired) electrons. The molecule has 2 unspecified atom stereocenters. The molecule has 0 aliphatic rings. The van der Waals surface area contributed by atoms with Gasteiger partial charge in [0.25, 0.3) is 0 Å². The monoisotopic (exact) mass is 371 g/mol. The lowest BCUT2D eigenvalue weighted by molar-refractivity contribution is 0.242. The number of likely N-dealkylation sites (N-methyl/N-ethyl adjacent to an activating group) is 1. The number of rotatable bonds is 6. The van der Waals surface area contributed by atoms with Crippen molar-refractivity contribution in [2.75, 3.05) is 13.6 Å². The Labute approximate surface area is 140 Å². The topological polar surface area (TPSA) is 21.1 Å². The molecule has 0 saturated heterocycles. The number of nitrogens with zero attached hydrogens (tertiary/aromatic N) is 3. The highest BCUT2D eigenvalue weighted by Gasteiger charge is 2.16. The maximum atomic E-state index is 6.32. The minimum Gasteiger partial charge on any atom is -0.325 e. The molecule has 0 saturated carbocycles. The second kappa shape index (κ2) is 7.12. The van der Waals surface area contributed by atoms with E-state index in [2.05, 4.69) is 58.4 Å². The van der Waals surface area contributed by atoms with Gasteiger partial charge in [0.2, 0.25) is 0 Å². The van der Waals surface area contributed by atoms with Crippen LogP contribution in [0.4, 0.5) is 0 Å². The van der Waals surface area contributed by atoms with Crippen LogP contribution in [0, 0.1) is 0 Å². The highest BCUT2D eigenvalue weighted by Crippen LogP contribution is 2.26. The first-order valence-electron chi connectivity index (χ1n) is 7.44. The predicted molar refractivity (Wildman–Crippen MR) is 94.1 cm³/mol. The first-order chi connectivity index (χ1) is 9.93. The SMILES string of the molecule is CCC(C)N(C)CCn1c(C(C)Cl)nc2cc(Br)ccc21. The lowest BCUT2D eigenvalue weighted by Gasteiger charge is -2.24. The molecule has 0 aliphatic heterocycles. The van der Waals surface area contributed by atoms with Gasteiger partial charge in [-0.2, -0.15) is 0 Å². The Morgan fingerprint density at radius 3 is 2.71 bits per heavy atom. The Kier molecular flexibility index (Phi) is 5.69. The van der Waals surface area contributed by atoms with Crippen LogP contribution in [-0.2, 0) is 6.54 Å². The molecule has 1 heterocycles. The molecule has 0 bridgehead atoms. The van der Waals surface area contributed by atoms with Crippen LogP contribution in [-0.4, -0.2) is 34.1 Å². The molecule has 2 aromatic rings. The Balaban J connectivity index is 2.30. The lowest BCUT2D eigenvalue weighted by atomic mass is 10.2. The van der Waals surface area contributed by atoms with Crippen molar-refractivity contribution >= 4 is 38.6 Å². The van der Waals surface area contributed by atoms with Gasteiger partial charge in [0.1, 0.15) is 5.82 Å². The van der Waals surface area contributed by atoms with E-state index in [4.69, 9.17) is 16.6 Å². The zero-order valence-corrected chi connectivity index (χ0v) is 15.4. The van der Waals surface area contributed by atoms with Crippen LogP contribution in [0.5, 0.6) is 0 Å². The molecule has 21 heavy (non-hydrogen) atoms. The molecule has 2 rings (SSSR count). The van der Waals surface area contributed by atoms with Crippen LogP contribution in [0.3, 0.4) is 0 Å². The molecular weight excluding hydrogens is 350 g/mol. The third kappa shape index (κ3) is 3.79. The van der Waals surface area contributed by atoms with Gasteiger partial charge in [-0.3, -0.25) is 0 Å². The summed E-state index contributed by atoms with van der Waals surface area (Å²) in [6, 6.07) is 6.80. The van der Waals surface area contributed by atoms with Crippen molar-refractivity contribution in [2.24, 2.45) is 0 Å². The molecule has 0 N–H and O–H groups in total. The highest BCUT2D eigenvalue weighted by molar-refractivity contribution is 9.10. The number of benzene rings is 1. The number of aromatic nitrogens is 2. The number of hydrogen-bond donors (Lipinski definition) is 0. The molecular formula is C16H23BrClN3. The summed E-state index contributed by atoms with van der Waals surface area (Å²) in [5.74, 6) is 0.947. The molecule has 3 nitrogen and oxygen atoms in total. The number of halogens is 2. The van der Waals surface area contributed by atoms with E-state index in [0.29, 0.717) is 6.04 Å². The summed E-state index contributed by atoms with van der Waals surface area (Å²) in [5.41, 5.74) is 2.15. The Morgan fingerprint density at radius 1 is 1.38 bits per heavy atom. The Hall–Kier alpha value is -0.580. The fourth-order valence-electron chi connectivity index (χ4n) is 2.45. The van der Waals surface area contributed by atoms with Crippen molar-refractivity contribution in [3.63, 3.8) is 0 Å².